The minimum Gasteiger partial charge on any atom is -0.361 e. The van der Waals surface area contributed by atoms with E-state index in [9.17, 15) is 0 Å². The van der Waals surface area contributed by atoms with Crippen LogP contribution in [0.2, 0.25) is 0 Å². The van der Waals surface area contributed by atoms with Crippen LogP contribution < -0.4 is 0 Å². The molecule has 0 N–H and O–H groups in total. The predicted octanol–water partition coefficient (Wildman–Crippen LogP) is 2.87. The summed E-state index contributed by atoms with van der Waals surface area (Å²) < 4.78 is 5.14. The van der Waals surface area contributed by atoms with Crippen LogP contribution in [0.1, 0.15) is 32.1 Å². The molecule has 0 bridgehead atoms. The molecule has 0 atom stereocenters. The van der Waals surface area contributed by atoms with Gasteiger partial charge in [0.15, 0.2) is 0 Å². The number of nitrogens with zero attached hydrogens (tertiary/aromatic N) is 1. The molecule has 0 radical (unpaired) electrons. The Morgan fingerprint density at radius 2 is 2.18 bits per heavy atom. The maximum absolute atomic E-state index is 5.14. The lowest BCUT2D eigenvalue weighted by Gasteiger charge is -2.14. The highest BCUT2D eigenvalue weighted by atomic mass is 79.9. The molecule has 11 heavy (non-hydrogen) atoms. The molecule has 3 heteroatoms. The second-order valence-electron chi connectivity index (χ2n) is 3.56. The van der Waals surface area contributed by atoms with Crippen molar-refractivity contribution in [1.29, 1.82) is 0 Å². The number of halogens is 1. The first kappa shape index (κ1) is 8.78. The van der Waals surface area contributed by atoms with Gasteiger partial charge in [-0.15, -0.1) is 0 Å². The van der Waals surface area contributed by atoms with E-state index >= 15 is 0 Å². The van der Waals surface area contributed by atoms with E-state index in [4.69, 9.17) is 4.52 Å². The number of alkyl halides is 1. The van der Waals surface area contributed by atoms with Gasteiger partial charge in [-0.05, 0) is 0 Å². The van der Waals surface area contributed by atoms with Crippen molar-refractivity contribution in [2.24, 2.45) is 0 Å². The van der Waals surface area contributed by atoms with Crippen LogP contribution in [0.4, 0.5) is 0 Å². The summed E-state index contributed by atoms with van der Waals surface area (Å²) in [4.78, 5) is 0. The minimum atomic E-state index is 0.0552. The molecule has 0 aliphatic carbocycles. The van der Waals surface area contributed by atoms with Crippen LogP contribution in [0, 0.1) is 0 Å². The van der Waals surface area contributed by atoms with Gasteiger partial charge in [-0.25, -0.2) is 0 Å². The summed E-state index contributed by atoms with van der Waals surface area (Å²) in [6, 6.07) is 0. The summed E-state index contributed by atoms with van der Waals surface area (Å²) in [6.07, 6.45) is 1.76. The summed E-state index contributed by atoms with van der Waals surface area (Å²) in [5.74, 6) is 0.967. The minimum absolute atomic E-state index is 0.0552. The van der Waals surface area contributed by atoms with Crippen LogP contribution in [0.25, 0.3) is 0 Å². The van der Waals surface area contributed by atoms with Gasteiger partial charge in [0.1, 0.15) is 5.76 Å². The SMILES string of the molecule is CC(C)(C)c1oncc1CBr. The first-order valence-electron chi connectivity index (χ1n) is 3.55. The second kappa shape index (κ2) is 2.97. The largest absolute Gasteiger partial charge is 0.361 e. The highest BCUT2D eigenvalue weighted by molar-refractivity contribution is 9.08. The van der Waals surface area contributed by atoms with E-state index in [0.29, 0.717) is 0 Å². The third kappa shape index (κ3) is 1.83. The van der Waals surface area contributed by atoms with Gasteiger partial charge in [-0.2, -0.15) is 0 Å². The molecule has 0 aromatic carbocycles. The van der Waals surface area contributed by atoms with Crippen LogP contribution in [0.15, 0.2) is 10.7 Å². The fourth-order valence-corrected chi connectivity index (χ4v) is 1.37. The summed E-state index contributed by atoms with van der Waals surface area (Å²) in [5, 5.41) is 4.56. The molecular formula is C8H12BrNO. The Bertz CT molecular complexity index is 236. The van der Waals surface area contributed by atoms with Crippen LogP contribution in [-0.2, 0) is 10.7 Å². The summed E-state index contributed by atoms with van der Waals surface area (Å²) in [5.41, 5.74) is 1.19. The van der Waals surface area contributed by atoms with Crippen molar-refractivity contribution in [3.63, 3.8) is 0 Å². The number of aromatic nitrogens is 1. The van der Waals surface area contributed by atoms with E-state index in [-0.39, 0.29) is 5.41 Å². The van der Waals surface area contributed by atoms with Crippen molar-refractivity contribution in [1.82, 2.24) is 5.16 Å². The standard InChI is InChI=1S/C8H12BrNO/c1-8(2,3)7-6(4-9)5-10-11-7/h5H,4H2,1-3H3. The molecule has 1 heterocycles. The van der Waals surface area contributed by atoms with Crippen LogP contribution in [0.5, 0.6) is 0 Å². The lowest BCUT2D eigenvalue weighted by molar-refractivity contribution is 0.327. The molecule has 0 amide bonds. The Balaban J connectivity index is 3.02. The van der Waals surface area contributed by atoms with Gasteiger partial charge >= 0.3 is 0 Å². The zero-order valence-corrected chi connectivity index (χ0v) is 8.60. The topological polar surface area (TPSA) is 26.0 Å². The fourth-order valence-electron chi connectivity index (χ4n) is 0.974. The molecule has 0 unspecified atom stereocenters. The molecule has 0 spiro atoms. The third-order valence-corrected chi connectivity index (χ3v) is 2.07. The monoisotopic (exact) mass is 217 g/mol. The zero-order chi connectivity index (χ0) is 8.48. The summed E-state index contributed by atoms with van der Waals surface area (Å²) in [6.45, 7) is 6.33. The molecule has 1 rings (SSSR count). The van der Waals surface area contributed by atoms with Gasteiger partial charge in [0, 0.05) is 16.3 Å². The molecule has 0 fully saturated rings. The van der Waals surface area contributed by atoms with Crippen molar-refractivity contribution < 1.29 is 4.52 Å². The van der Waals surface area contributed by atoms with Gasteiger partial charge < -0.3 is 4.52 Å². The molecule has 62 valence electrons. The van der Waals surface area contributed by atoms with E-state index in [0.717, 1.165) is 16.7 Å². The first-order valence-corrected chi connectivity index (χ1v) is 4.68. The lowest BCUT2D eigenvalue weighted by atomic mass is 9.91. The molecular weight excluding hydrogens is 206 g/mol. The second-order valence-corrected chi connectivity index (χ2v) is 4.12. The smallest absolute Gasteiger partial charge is 0.146 e. The molecule has 2 nitrogen and oxygen atoms in total. The van der Waals surface area contributed by atoms with E-state index in [1.807, 2.05) is 0 Å². The van der Waals surface area contributed by atoms with Crippen molar-refractivity contribution in [2.45, 2.75) is 31.5 Å². The first-order chi connectivity index (χ1) is 5.05. The fraction of sp³-hybridized carbons (Fsp3) is 0.625. The molecule has 1 aromatic heterocycles. The molecule has 0 aliphatic rings. The zero-order valence-electron chi connectivity index (χ0n) is 7.02. The number of hydrogen-bond acceptors (Lipinski definition) is 2. The average Bonchev–Trinajstić information content (AvgIpc) is 2.31. The Morgan fingerprint density at radius 1 is 1.55 bits per heavy atom. The maximum Gasteiger partial charge on any atom is 0.146 e. The van der Waals surface area contributed by atoms with Crippen molar-refractivity contribution in [3.05, 3.63) is 17.5 Å². The van der Waals surface area contributed by atoms with Crippen LogP contribution in [0.3, 0.4) is 0 Å². The number of rotatable bonds is 1. The van der Waals surface area contributed by atoms with Crippen molar-refractivity contribution in [3.8, 4) is 0 Å². The van der Waals surface area contributed by atoms with E-state index in [1.54, 1.807) is 6.20 Å². The van der Waals surface area contributed by atoms with Crippen molar-refractivity contribution >= 4 is 15.9 Å². The van der Waals surface area contributed by atoms with Gasteiger partial charge in [0.05, 0.1) is 6.20 Å². The number of hydrogen-bond donors (Lipinski definition) is 0. The predicted molar refractivity (Wildman–Crippen MR) is 47.8 cm³/mol. The molecule has 0 saturated carbocycles. The molecule has 1 aromatic rings. The maximum atomic E-state index is 5.14. The van der Waals surface area contributed by atoms with E-state index in [1.165, 1.54) is 0 Å². The Morgan fingerprint density at radius 3 is 2.55 bits per heavy atom. The summed E-state index contributed by atoms with van der Waals surface area (Å²) >= 11 is 3.38. The van der Waals surface area contributed by atoms with Gasteiger partial charge in [-0.1, -0.05) is 41.9 Å². The Hall–Kier alpha value is -0.310. The van der Waals surface area contributed by atoms with Crippen molar-refractivity contribution in [2.75, 3.05) is 0 Å². The molecule has 0 saturated heterocycles. The normalized spacial score (nSPS) is 12.0. The summed E-state index contributed by atoms with van der Waals surface area (Å²) in [7, 11) is 0. The van der Waals surface area contributed by atoms with Gasteiger partial charge in [-0.3, -0.25) is 0 Å². The average molecular weight is 218 g/mol. The van der Waals surface area contributed by atoms with Crippen LogP contribution in [-0.4, -0.2) is 5.16 Å². The van der Waals surface area contributed by atoms with Gasteiger partial charge in [0.2, 0.25) is 0 Å². The van der Waals surface area contributed by atoms with Crippen LogP contribution >= 0.6 is 15.9 Å². The van der Waals surface area contributed by atoms with E-state index in [2.05, 4.69) is 41.9 Å². The Labute approximate surface area is 75.1 Å². The molecule has 0 aliphatic heterocycles. The lowest BCUT2D eigenvalue weighted by Crippen LogP contribution is -2.11. The van der Waals surface area contributed by atoms with Gasteiger partial charge in [0.25, 0.3) is 0 Å². The highest BCUT2D eigenvalue weighted by Crippen LogP contribution is 2.26. The third-order valence-electron chi connectivity index (χ3n) is 1.47. The Kier molecular flexibility index (Phi) is 2.37. The highest BCUT2D eigenvalue weighted by Gasteiger charge is 2.21. The van der Waals surface area contributed by atoms with E-state index < -0.39 is 0 Å². The quantitative estimate of drug-likeness (QED) is 0.677.